The summed E-state index contributed by atoms with van der Waals surface area (Å²) in [6.45, 7) is 2.59. The van der Waals surface area contributed by atoms with Gasteiger partial charge >= 0.3 is 12.4 Å². The molecule has 0 unspecified atom stereocenters. The molecule has 134 valence electrons. The molecule has 5 atom stereocenters. The average Bonchev–Trinajstić information content (AvgIpc) is 2.69. The minimum atomic E-state index is -2.93. The topological polar surface area (TPSA) is 91.8 Å². The zero-order chi connectivity index (χ0) is 17.7. The van der Waals surface area contributed by atoms with Crippen molar-refractivity contribution in [2.24, 2.45) is 0 Å². The third kappa shape index (κ3) is 3.26. The van der Waals surface area contributed by atoms with Crippen molar-refractivity contribution in [2.75, 3.05) is 6.61 Å². The van der Waals surface area contributed by atoms with Gasteiger partial charge in [-0.1, -0.05) is 0 Å². The fourth-order valence-electron chi connectivity index (χ4n) is 2.77. The van der Waals surface area contributed by atoms with E-state index in [0.29, 0.717) is 0 Å². The molecule has 2 aliphatic rings. The molecule has 0 radical (unpaired) electrons. The highest BCUT2D eigenvalue weighted by Crippen LogP contribution is 2.60. The summed E-state index contributed by atoms with van der Waals surface area (Å²) in [4.78, 5) is 24.4. The van der Waals surface area contributed by atoms with Crippen molar-refractivity contribution in [3.8, 4) is 0 Å². The van der Waals surface area contributed by atoms with Gasteiger partial charge in [0.05, 0.1) is 12.7 Å². The molecule has 0 aliphatic carbocycles. The Bertz CT molecular complexity index is 793. The predicted octanol–water partition coefficient (Wildman–Crippen LogP) is 1.50. The van der Waals surface area contributed by atoms with Crippen molar-refractivity contribution in [1.29, 1.82) is 0 Å². The maximum atomic E-state index is 12.1. The van der Waals surface area contributed by atoms with Gasteiger partial charge in [-0.2, -0.15) is 0 Å². The highest BCUT2D eigenvalue weighted by Gasteiger charge is 2.59. The first kappa shape index (κ1) is 18.3. The Hall–Kier alpha value is -0.540. The summed E-state index contributed by atoms with van der Waals surface area (Å²) in [6, 6.07) is 1.23. The number of hydrogen-bond acceptors (Lipinski definition) is 7. The smallest absolute Gasteiger partial charge is 0.330 e. The van der Waals surface area contributed by atoms with Crippen LogP contribution in [0.1, 0.15) is 27.0 Å². The van der Waals surface area contributed by atoms with Gasteiger partial charge in [-0.05, 0) is 32.6 Å². The molecule has 0 amide bonds. The summed E-state index contributed by atoms with van der Waals surface area (Å²) < 4.78 is 24.1. The van der Waals surface area contributed by atoms with E-state index in [2.05, 4.69) is 4.98 Å². The number of rotatable bonds is 3. The highest BCUT2D eigenvalue weighted by molar-refractivity contribution is 8.07. The minimum absolute atomic E-state index is 0.158. The van der Waals surface area contributed by atoms with Crippen molar-refractivity contribution >= 4 is 30.1 Å². The van der Waals surface area contributed by atoms with Crippen LogP contribution in [0, 0.1) is 0 Å². The quantitative estimate of drug-likeness (QED) is 0.611. The SMILES string of the molecule is CC(C)O[P@]1(=S)OC[C@H]2O[C@@H](n3ccc(=O)[nH]c3=O)[C@](C)(Cl)[C@@H]2O1. The predicted molar refractivity (Wildman–Crippen MR) is 90.8 cm³/mol. The molecule has 0 saturated carbocycles. The Labute approximate surface area is 148 Å². The van der Waals surface area contributed by atoms with Gasteiger partial charge in [0, 0.05) is 12.3 Å². The van der Waals surface area contributed by atoms with Crippen LogP contribution in [0.3, 0.4) is 0 Å². The molecule has 2 saturated heterocycles. The van der Waals surface area contributed by atoms with Gasteiger partial charge in [-0.25, -0.2) is 4.79 Å². The van der Waals surface area contributed by atoms with E-state index in [9.17, 15) is 9.59 Å². The molecule has 1 N–H and O–H groups in total. The van der Waals surface area contributed by atoms with E-state index in [4.69, 9.17) is 41.7 Å². The van der Waals surface area contributed by atoms with Crippen LogP contribution in [0.4, 0.5) is 0 Å². The van der Waals surface area contributed by atoms with Crippen molar-refractivity contribution in [2.45, 2.75) is 50.2 Å². The molecule has 2 fully saturated rings. The number of nitrogens with zero attached hydrogens (tertiary/aromatic N) is 1. The van der Waals surface area contributed by atoms with E-state index >= 15 is 0 Å². The second-order valence-electron chi connectivity index (χ2n) is 6.12. The summed E-state index contributed by atoms with van der Waals surface area (Å²) in [5, 5.41) is 0. The number of ether oxygens (including phenoxy) is 1. The lowest BCUT2D eigenvalue weighted by Crippen LogP contribution is -2.45. The first-order valence-electron chi connectivity index (χ1n) is 7.39. The van der Waals surface area contributed by atoms with Crippen molar-refractivity contribution < 1.29 is 18.3 Å². The standard InChI is InChI=1S/C13H18ClN2O6PS/c1-7(2)21-23(24)19-6-8-10(22-23)13(3,14)11(20-8)16-5-4-9(17)15-12(16)18/h4-5,7-8,10-11H,6H2,1-3H3,(H,15,17,18)/t8-,10-,11-,13-,23-/m1/s1. The second-order valence-corrected chi connectivity index (χ2v) is 9.85. The van der Waals surface area contributed by atoms with Crippen LogP contribution in [0.25, 0.3) is 0 Å². The first-order valence-corrected chi connectivity index (χ1v) is 10.3. The lowest BCUT2D eigenvalue weighted by atomic mass is 10.0. The van der Waals surface area contributed by atoms with Gasteiger partial charge < -0.3 is 18.3 Å². The zero-order valence-electron chi connectivity index (χ0n) is 13.3. The molecule has 3 heterocycles. The molecule has 3 rings (SSSR count). The van der Waals surface area contributed by atoms with Gasteiger partial charge in [-0.3, -0.25) is 14.3 Å². The third-order valence-corrected chi connectivity index (χ3v) is 6.63. The van der Waals surface area contributed by atoms with Crippen molar-refractivity contribution in [1.82, 2.24) is 9.55 Å². The van der Waals surface area contributed by atoms with Crippen molar-refractivity contribution in [3.05, 3.63) is 33.1 Å². The van der Waals surface area contributed by atoms with E-state index < -0.39 is 41.3 Å². The maximum absolute atomic E-state index is 12.1. The molecule has 1 aromatic rings. The molecule has 8 nitrogen and oxygen atoms in total. The van der Waals surface area contributed by atoms with Crippen LogP contribution in [-0.2, 0) is 30.1 Å². The number of halogens is 1. The summed E-state index contributed by atoms with van der Waals surface area (Å²) in [5.74, 6) is 0. The highest BCUT2D eigenvalue weighted by atomic mass is 35.5. The molecule has 0 bridgehead atoms. The van der Waals surface area contributed by atoms with Crippen LogP contribution >= 0.6 is 18.3 Å². The number of aromatic amines is 1. The van der Waals surface area contributed by atoms with E-state index in [-0.39, 0.29) is 12.7 Å². The lowest BCUT2D eigenvalue weighted by Gasteiger charge is -2.37. The molecule has 11 heteroatoms. The summed E-state index contributed by atoms with van der Waals surface area (Å²) in [5.41, 5.74) is -1.11. The molecule has 0 aromatic carbocycles. The fourth-order valence-corrected chi connectivity index (χ4v) is 5.80. The van der Waals surface area contributed by atoms with Gasteiger partial charge in [0.2, 0.25) is 0 Å². The fraction of sp³-hybridized carbons (Fsp3) is 0.692. The largest absolute Gasteiger partial charge is 0.347 e. The summed E-state index contributed by atoms with van der Waals surface area (Å²) in [7, 11) is 0. The monoisotopic (exact) mass is 396 g/mol. The van der Waals surface area contributed by atoms with Gasteiger partial charge in [0.25, 0.3) is 5.56 Å². The molecular formula is C13H18ClN2O6PS. The Kier molecular flexibility index (Phi) is 4.81. The molecule has 24 heavy (non-hydrogen) atoms. The number of aromatic nitrogens is 2. The van der Waals surface area contributed by atoms with E-state index in [1.165, 1.54) is 16.8 Å². The van der Waals surface area contributed by atoms with Crippen LogP contribution in [0.5, 0.6) is 0 Å². The minimum Gasteiger partial charge on any atom is -0.347 e. The normalized spacial score (nSPS) is 39.1. The number of nitrogens with one attached hydrogen (secondary N) is 1. The Morgan fingerprint density at radius 1 is 1.54 bits per heavy atom. The van der Waals surface area contributed by atoms with E-state index in [1.807, 2.05) is 13.8 Å². The summed E-state index contributed by atoms with van der Waals surface area (Å²) in [6.07, 6.45) is -0.771. The average molecular weight is 397 g/mol. The first-order chi connectivity index (χ1) is 11.1. The van der Waals surface area contributed by atoms with Crippen LogP contribution < -0.4 is 11.2 Å². The van der Waals surface area contributed by atoms with Crippen LogP contribution in [-0.4, -0.2) is 39.3 Å². The Morgan fingerprint density at radius 3 is 2.88 bits per heavy atom. The zero-order valence-corrected chi connectivity index (χ0v) is 15.8. The van der Waals surface area contributed by atoms with Gasteiger partial charge in [0.1, 0.15) is 17.1 Å². The molecular weight excluding hydrogens is 379 g/mol. The number of H-pyrrole nitrogens is 1. The Morgan fingerprint density at radius 2 is 2.25 bits per heavy atom. The van der Waals surface area contributed by atoms with Gasteiger partial charge in [0.15, 0.2) is 6.23 Å². The summed E-state index contributed by atoms with van der Waals surface area (Å²) >= 11 is 12.0. The molecule has 0 spiro atoms. The Balaban J connectivity index is 1.91. The van der Waals surface area contributed by atoms with Gasteiger partial charge in [-0.15, -0.1) is 11.6 Å². The number of alkyl halides is 1. The van der Waals surface area contributed by atoms with Crippen molar-refractivity contribution in [3.63, 3.8) is 0 Å². The van der Waals surface area contributed by atoms with Crippen LogP contribution in [0.15, 0.2) is 21.9 Å². The molecule has 1 aromatic heterocycles. The second kappa shape index (κ2) is 6.32. The van der Waals surface area contributed by atoms with E-state index in [1.54, 1.807) is 6.92 Å². The number of hydrogen-bond donors (Lipinski definition) is 1. The maximum Gasteiger partial charge on any atom is 0.330 e. The lowest BCUT2D eigenvalue weighted by molar-refractivity contribution is -0.0651. The number of fused-ring (bicyclic) bond motifs is 1. The van der Waals surface area contributed by atoms with Crippen LogP contribution in [0.2, 0.25) is 0 Å². The molecule has 2 aliphatic heterocycles. The van der Waals surface area contributed by atoms with E-state index in [0.717, 1.165) is 0 Å². The third-order valence-electron chi connectivity index (χ3n) is 3.76.